The van der Waals surface area contributed by atoms with E-state index in [2.05, 4.69) is 9.88 Å². The van der Waals surface area contributed by atoms with Gasteiger partial charge in [-0.2, -0.15) is 0 Å². The maximum atomic E-state index is 13.0. The molecule has 0 bridgehead atoms. The third kappa shape index (κ3) is 3.63. The predicted molar refractivity (Wildman–Crippen MR) is 105 cm³/mol. The Hall–Kier alpha value is -2.20. The van der Waals surface area contributed by atoms with Gasteiger partial charge in [-0.3, -0.25) is 9.78 Å². The summed E-state index contributed by atoms with van der Waals surface area (Å²) in [5.41, 5.74) is 1.15. The lowest BCUT2D eigenvalue weighted by Crippen LogP contribution is -2.59. The molecule has 4 nitrogen and oxygen atoms in total. The molecular weight excluding hydrogens is 336 g/mol. The number of pyridine rings is 1. The Labute approximate surface area is 161 Å². The number of rotatable bonds is 4. The Balaban J connectivity index is 1.50. The highest BCUT2D eigenvalue weighted by Gasteiger charge is 2.50. The number of aromatic nitrogens is 1. The van der Waals surface area contributed by atoms with Gasteiger partial charge in [0.05, 0.1) is 5.60 Å². The predicted octanol–water partition coefficient (Wildman–Crippen LogP) is 3.69. The molecule has 1 aliphatic heterocycles. The highest BCUT2D eigenvalue weighted by Crippen LogP contribution is 2.47. The number of hydrogen-bond donors (Lipinski definition) is 1. The summed E-state index contributed by atoms with van der Waals surface area (Å²) < 4.78 is 0. The van der Waals surface area contributed by atoms with E-state index in [-0.39, 0.29) is 17.9 Å². The minimum atomic E-state index is -0.815. The number of aryl methyl sites for hydroxylation is 1. The Bertz CT molecular complexity index is 764. The quantitative estimate of drug-likeness (QED) is 0.900. The zero-order chi connectivity index (χ0) is 18.7. The maximum Gasteiger partial charge on any atom is 0.223 e. The first-order valence-corrected chi connectivity index (χ1v) is 10.2. The number of benzene rings is 1. The van der Waals surface area contributed by atoms with Gasteiger partial charge >= 0.3 is 0 Å². The SMILES string of the molecule is O=C(CCc1ccccn1)N1CC[C@@](O)(c2ccccc2)[C@H]2CCCC[C@H]21. The second-order valence-electron chi connectivity index (χ2n) is 7.91. The molecule has 1 saturated carbocycles. The van der Waals surface area contributed by atoms with Gasteiger partial charge in [-0.05, 0) is 43.4 Å². The van der Waals surface area contributed by atoms with Gasteiger partial charge < -0.3 is 10.0 Å². The first-order valence-electron chi connectivity index (χ1n) is 10.2. The van der Waals surface area contributed by atoms with E-state index in [1.165, 1.54) is 0 Å². The molecule has 1 aromatic carbocycles. The van der Waals surface area contributed by atoms with Crippen molar-refractivity contribution in [3.63, 3.8) is 0 Å². The van der Waals surface area contributed by atoms with E-state index >= 15 is 0 Å². The first kappa shape index (κ1) is 18.2. The van der Waals surface area contributed by atoms with Crippen LogP contribution in [0.2, 0.25) is 0 Å². The van der Waals surface area contributed by atoms with Crippen LogP contribution in [0.1, 0.15) is 49.8 Å². The summed E-state index contributed by atoms with van der Waals surface area (Å²) in [5.74, 6) is 0.328. The molecule has 2 fully saturated rings. The van der Waals surface area contributed by atoms with Crippen molar-refractivity contribution < 1.29 is 9.90 Å². The van der Waals surface area contributed by atoms with Crippen molar-refractivity contribution >= 4 is 5.91 Å². The van der Waals surface area contributed by atoms with Crippen molar-refractivity contribution in [3.8, 4) is 0 Å². The Morgan fingerprint density at radius 2 is 1.89 bits per heavy atom. The molecule has 2 heterocycles. The van der Waals surface area contributed by atoms with Gasteiger partial charge in [0.1, 0.15) is 0 Å². The molecule has 1 N–H and O–H groups in total. The molecule has 2 aliphatic rings. The first-order chi connectivity index (χ1) is 13.2. The highest BCUT2D eigenvalue weighted by molar-refractivity contribution is 5.77. The molecule has 2 aromatic rings. The lowest BCUT2D eigenvalue weighted by molar-refractivity contribution is -0.154. The highest BCUT2D eigenvalue weighted by atomic mass is 16.3. The standard InChI is InChI=1S/C23H28N2O2/c26-22(14-13-19-10-6-7-16-24-19)25-17-15-23(27,18-8-2-1-3-9-18)20-11-4-5-12-21(20)25/h1-3,6-10,16,20-21,27H,4-5,11-15,17H2/t20-,21+,23+/m0/s1. The fourth-order valence-electron chi connectivity index (χ4n) is 5.00. The molecule has 1 aromatic heterocycles. The minimum absolute atomic E-state index is 0.126. The van der Waals surface area contributed by atoms with Gasteiger partial charge in [-0.25, -0.2) is 0 Å². The lowest BCUT2D eigenvalue weighted by atomic mass is 9.66. The molecule has 1 amide bonds. The van der Waals surface area contributed by atoms with Crippen LogP contribution in [0, 0.1) is 5.92 Å². The van der Waals surface area contributed by atoms with E-state index in [1.54, 1.807) is 6.20 Å². The van der Waals surface area contributed by atoms with Crippen LogP contribution in [0.5, 0.6) is 0 Å². The van der Waals surface area contributed by atoms with Crippen LogP contribution in [0.15, 0.2) is 54.7 Å². The van der Waals surface area contributed by atoms with Gasteiger partial charge in [0.15, 0.2) is 0 Å². The zero-order valence-corrected chi connectivity index (χ0v) is 15.8. The molecule has 4 rings (SSSR count). The van der Waals surface area contributed by atoms with E-state index in [0.717, 1.165) is 36.9 Å². The van der Waals surface area contributed by atoms with Crippen LogP contribution in [0.3, 0.4) is 0 Å². The van der Waals surface area contributed by atoms with Crippen molar-refractivity contribution in [3.05, 3.63) is 66.0 Å². The van der Waals surface area contributed by atoms with Gasteiger partial charge in [0.25, 0.3) is 0 Å². The summed E-state index contributed by atoms with van der Waals surface area (Å²) in [6.07, 6.45) is 7.81. The van der Waals surface area contributed by atoms with Crippen molar-refractivity contribution in [2.24, 2.45) is 5.92 Å². The van der Waals surface area contributed by atoms with E-state index in [4.69, 9.17) is 0 Å². The molecule has 142 valence electrons. The molecule has 4 heteroatoms. The summed E-state index contributed by atoms with van der Waals surface area (Å²) in [7, 11) is 0. The molecule has 0 radical (unpaired) electrons. The zero-order valence-electron chi connectivity index (χ0n) is 15.8. The average molecular weight is 364 g/mol. The Morgan fingerprint density at radius 1 is 1.11 bits per heavy atom. The second-order valence-corrected chi connectivity index (χ2v) is 7.91. The fraction of sp³-hybridized carbons (Fsp3) is 0.478. The Morgan fingerprint density at radius 3 is 2.67 bits per heavy atom. The van der Waals surface area contributed by atoms with Gasteiger partial charge in [-0.1, -0.05) is 49.2 Å². The molecule has 1 saturated heterocycles. The number of likely N-dealkylation sites (tertiary alicyclic amines) is 1. The van der Waals surface area contributed by atoms with E-state index in [1.807, 2.05) is 48.5 Å². The van der Waals surface area contributed by atoms with Crippen LogP contribution < -0.4 is 0 Å². The van der Waals surface area contributed by atoms with E-state index in [0.29, 0.717) is 25.8 Å². The van der Waals surface area contributed by atoms with Crippen LogP contribution in [-0.2, 0) is 16.8 Å². The smallest absolute Gasteiger partial charge is 0.223 e. The minimum Gasteiger partial charge on any atom is -0.385 e. The van der Waals surface area contributed by atoms with Gasteiger partial charge in [-0.15, -0.1) is 0 Å². The van der Waals surface area contributed by atoms with Crippen molar-refractivity contribution in [1.29, 1.82) is 0 Å². The fourth-order valence-corrected chi connectivity index (χ4v) is 5.00. The maximum absolute atomic E-state index is 13.0. The van der Waals surface area contributed by atoms with Crippen LogP contribution >= 0.6 is 0 Å². The normalized spacial score (nSPS) is 27.8. The molecule has 27 heavy (non-hydrogen) atoms. The molecule has 0 unspecified atom stereocenters. The number of nitrogens with zero attached hydrogens (tertiary/aromatic N) is 2. The van der Waals surface area contributed by atoms with E-state index in [9.17, 15) is 9.90 Å². The van der Waals surface area contributed by atoms with Gasteiger partial charge in [0.2, 0.25) is 5.91 Å². The molecule has 3 atom stereocenters. The number of hydrogen-bond acceptors (Lipinski definition) is 3. The van der Waals surface area contributed by atoms with Gasteiger partial charge in [0, 0.05) is 36.8 Å². The summed E-state index contributed by atoms with van der Waals surface area (Å²) in [5, 5.41) is 11.6. The molecule has 1 aliphatic carbocycles. The number of carbonyl (C=O) groups excluding carboxylic acids is 1. The summed E-state index contributed by atoms with van der Waals surface area (Å²) in [6.45, 7) is 0.633. The summed E-state index contributed by atoms with van der Waals surface area (Å²) in [6, 6.07) is 16.0. The number of piperidine rings is 1. The topological polar surface area (TPSA) is 53.4 Å². The number of aliphatic hydroxyl groups is 1. The Kier molecular flexibility index (Phi) is 5.26. The monoisotopic (exact) mass is 364 g/mol. The number of amides is 1. The number of fused-ring (bicyclic) bond motifs is 1. The number of carbonyl (C=O) groups is 1. The van der Waals surface area contributed by atoms with Crippen LogP contribution in [-0.4, -0.2) is 33.5 Å². The van der Waals surface area contributed by atoms with Crippen molar-refractivity contribution in [2.45, 2.75) is 56.6 Å². The third-order valence-corrected chi connectivity index (χ3v) is 6.39. The van der Waals surface area contributed by atoms with Crippen molar-refractivity contribution in [2.75, 3.05) is 6.54 Å². The molecule has 0 spiro atoms. The van der Waals surface area contributed by atoms with Crippen molar-refractivity contribution in [1.82, 2.24) is 9.88 Å². The van der Waals surface area contributed by atoms with E-state index < -0.39 is 5.60 Å². The summed E-state index contributed by atoms with van der Waals surface area (Å²) in [4.78, 5) is 19.4. The van der Waals surface area contributed by atoms with Crippen LogP contribution in [0.25, 0.3) is 0 Å². The average Bonchev–Trinajstić information content (AvgIpc) is 2.74. The van der Waals surface area contributed by atoms with Crippen LogP contribution in [0.4, 0.5) is 0 Å². The second kappa shape index (κ2) is 7.81. The largest absolute Gasteiger partial charge is 0.385 e. The molecular formula is C23H28N2O2. The summed E-state index contributed by atoms with van der Waals surface area (Å²) >= 11 is 0. The third-order valence-electron chi connectivity index (χ3n) is 6.39. The lowest BCUT2D eigenvalue weighted by Gasteiger charge is -2.52.